The van der Waals surface area contributed by atoms with E-state index in [0.29, 0.717) is 29.3 Å². The molecule has 3 aromatic rings. The van der Waals surface area contributed by atoms with E-state index < -0.39 is 0 Å². The lowest BCUT2D eigenvalue weighted by Gasteiger charge is -2.14. The number of aryl methyl sites for hydroxylation is 2. The van der Waals surface area contributed by atoms with Gasteiger partial charge in [0.05, 0.1) is 31.0 Å². The Morgan fingerprint density at radius 3 is 2.62 bits per heavy atom. The summed E-state index contributed by atoms with van der Waals surface area (Å²) in [5.74, 6) is 1.10. The van der Waals surface area contributed by atoms with Gasteiger partial charge >= 0.3 is 0 Å². The van der Waals surface area contributed by atoms with Gasteiger partial charge in [0.2, 0.25) is 0 Å². The van der Waals surface area contributed by atoms with Crippen LogP contribution >= 0.6 is 0 Å². The molecular formula is C21H22N2O3. The van der Waals surface area contributed by atoms with Gasteiger partial charge in [-0.3, -0.25) is 9.78 Å². The van der Waals surface area contributed by atoms with Crippen molar-refractivity contribution >= 4 is 16.8 Å². The van der Waals surface area contributed by atoms with Crippen LogP contribution in [-0.2, 0) is 6.54 Å². The predicted molar refractivity (Wildman–Crippen MR) is 102 cm³/mol. The Bertz CT molecular complexity index is 967. The summed E-state index contributed by atoms with van der Waals surface area (Å²) in [6, 6.07) is 13.5. The number of hydrogen-bond donors (Lipinski definition) is 1. The van der Waals surface area contributed by atoms with Gasteiger partial charge in [-0.05, 0) is 38.1 Å². The number of pyridine rings is 1. The molecule has 0 aliphatic carbocycles. The van der Waals surface area contributed by atoms with Gasteiger partial charge < -0.3 is 14.8 Å². The van der Waals surface area contributed by atoms with Crippen molar-refractivity contribution in [3.63, 3.8) is 0 Å². The molecule has 0 atom stereocenters. The van der Waals surface area contributed by atoms with Gasteiger partial charge in [0.1, 0.15) is 0 Å². The van der Waals surface area contributed by atoms with Crippen LogP contribution in [0.5, 0.6) is 11.5 Å². The van der Waals surface area contributed by atoms with Crippen molar-refractivity contribution in [2.24, 2.45) is 0 Å². The Morgan fingerprint density at radius 1 is 1.08 bits per heavy atom. The van der Waals surface area contributed by atoms with E-state index in [1.165, 1.54) is 0 Å². The van der Waals surface area contributed by atoms with Crippen LogP contribution in [0, 0.1) is 13.8 Å². The number of benzene rings is 2. The fourth-order valence-electron chi connectivity index (χ4n) is 2.99. The molecule has 0 saturated carbocycles. The number of ether oxygens (including phenoxy) is 2. The number of carbonyl (C=O) groups excluding carboxylic acids is 1. The third kappa shape index (κ3) is 3.47. The number of methoxy groups -OCH3 is 2. The molecule has 1 N–H and O–H groups in total. The molecule has 0 aliphatic rings. The molecule has 3 rings (SSSR count). The van der Waals surface area contributed by atoms with E-state index in [0.717, 1.165) is 22.0 Å². The van der Waals surface area contributed by atoms with Gasteiger partial charge in [-0.25, -0.2) is 0 Å². The van der Waals surface area contributed by atoms with Crippen molar-refractivity contribution in [3.8, 4) is 11.5 Å². The molecule has 134 valence electrons. The summed E-state index contributed by atoms with van der Waals surface area (Å²) < 4.78 is 10.7. The van der Waals surface area contributed by atoms with Crippen molar-refractivity contribution in [1.82, 2.24) is 10.3 Å². The lowest BCUT2D eigenvalue weighted by atomic mass is 10.1. The molecule has 0 saturated heterocycles. The Kier molecular flexibility index (Phi) is 5.07. The number of nitrogens with zero attached hydrogens (tertiary/aromatic N) is 1. The first-order valence-electron chi connectivity index (χ1n) is 8.39. The average molecular weight is 350 g/mol. The van der Waals surface area contributed by atoms with Gasteiger partial charge in [-0.15, -0.1) is 0 Å². The highest BCUT2D eigenvalue weighted by atomic mass is 16.5. The molecule has 1 heterocycles. The highest BCUT2D eigenvalue weighted by molar-refractivity contribution is 5.98. The molecular weight excluding hydrogens is 328 g/mol. The zero-order chi connectivity index (χ0) is 18.7. The quantitative estimate of drug-likeness (QED) is 0.760. The minimum Gasteiger partial charge on any atom is -0.493 e. The second kappa shape index (κ2) is 7.44. The van der Waals surface area contributed by atoms with E-state index in [1.54, 1.807) is 14.2 Å². The number of aromatic nitrogens is 1. The molecule has 0 unspecified atom stereocenters. The molecule has 0 radical (unpaired) electrons. The summed E-state index contributed by atoms with van der Waals surface area (Å²) in [7, 11) is 3.18. The van der Waals surface area contributed by atoms with E-state index in [4.69, 9.17) is 9.47 Å². The van der Waals surface area contributed by atoms with E-state index in [-0.39, 0.29) is 5.91 Å². The van der Waals surface area contributed by atoms with E-state index in [2.05, 4.69) is 10.3 Å². The van der Waals surface area contributed by atoms with Crippen molar-refractivity contribution in [1.29, 1.82) is 0 Å². The maximum Gasteiger partial charge on any atom is 0.253 e. The lowest BCUT2D eigenvalue weighted by Crippen LogP contribution is -2.24. The van der Waals surface area contributed by atoms with Crippen LogP contribution in [0.2, 0.25) is 0 Å². The topological polar surface area (TPSA) is 60.5 Å². The Labute approximate surface area is 153 Å². The SMILES string of the molecule is COc1cccc(CNC(=O)c2cc3cc(C)ccc3nc2C)c1OC. The third-order valence-corrected chi connectivity index (χ3v) is 4.33. The second-order valence-corrected chi connectivity index (χ2v) is 6.15. The van der Waals surface area contributed by atoms with Gasteiger partial charge in [0.15, 0.2) is 11.5 Å². The van der Waals surface area contributed by atoms with E-state index in [9.17, 15) is 4.79 Å². The molecule has 2 aromatic carbocycles. The Morgan fingerprint density at radius 2 is 1.88 bits per heavy atom. The first kappa shape index (κ1) is 17.7. The summed E-state index contributed by atoms with van der Waals surface area (Å²) >= 11 is 0. The largest absolute Gasteiger partial charge is 0.493 e. The van der Waals surface area contributed by atoms with Gasteiger partial charge in [-0.2, -0.15) is 0 Å². The molecule has 0 spiro atoms. The van der Waals surface area contributed by atoms with Crippen molar-refractivity contribution in [3.05, 3.63) is 64.8 Å². The van der Waals surface area contributed by atoms with Crippen molar-refractivity contribution in [2.75, 3.05) is 14.2 Å². The molecule has 5 nitrogen and oxygen atoms in total. The predicted octanol–water partition coefficient (Wildman–Crippen LogP) is 3.80. The van der Waals surface area contributed by atoms with Gasteiger partial charge in [-0.1, -0.05) is 23.8 Å². The van der Waals surface area contributed by atoms with Crippen LogP contribution in [0.15, 0.2) is 42.5 Å². The first-order valence-corrected chi connectivity index (χ1v) is 8.39. The van der Waals surface area contributed by atoms with Crippen LogP contribution < -0.4 is 14.8 Å². The minimum absolute atomic E-state index is 0.164. The summed E-state index contributed by atoms with van der Waals surface area (Å²) in [6.07, 6.45) is 0. The second-order valence-electron chi connectivity index (χ2n) is 6.15. The Hall–Kier alpha value is -3.08. The van der Waals surface area contributed by atoms with E-state index >= 15 is 0 Å². The number of para-hydroxylation sites is 1. The molecule has 0 fully saturated rings. The maximum absolute atomic E-state index is 12.7. The first-order chi connectivity index (χ1) is 12.5. The maximum atomic E-state index is 12.7. The summed E-state index contributed by atoms with van der Waals surface area (Å²) in [4.78, 5) is 17.2. The van der Waals surface area contributed by atoms with Crippen LogP contribution in [0.3, 0.4) is 0 Å². The summed E-state index contributed by atoms with van der Waals surface area (Å²) in [6.45, 7) is 4.21. The molecule has 5 heteroatoms. The number of fused-ring (bicyclic) bond motifs is 1. The molecule has 0 aliphatic heterocycles. The zero-order valence-electron chi connectivity index (χ0n) is 15.4. The summed E-state index contributed by atoms with van der Waals surface area (Å²) in [5.41, 5.74) is 4.15. The molecule has 1 amide bonds. The number of hydrogen-bond acceptors (Lipinski definition) is 4. The standard InChI is InChI=1S/C21H22N2O3/c1-13-8-9-18-16(10-13)11-17(14(2)23-18)21(24)22-12-15-6-5-7-19(25-3)20(15)26-4/h5-11H,12H2,1-4H3,(H,22,24). The zero-order valence-corrected chi connectivity index (χ0v) is 15.4. The van der Waals surface area contributed by atoms with Crippen LogP contribution in [0.25, 0.3) is 10.9 Å². The normalized spacial score (nSPS) is 10.6. The Balaban J connectivity index is 1.85. The molecule has 26 heavy (non-hydrogen) atoms. The monoisotopic (exact) mass is 350 g/mol. The fraction of sp³-hybridized carbons (Fsp3) is 0.238. The summed E-state index contributed by atoms with van der Waals surface area (Å²) in [5, 5.41) is 3.90. The van der Waals surface area contributed by atoms with Crippen molar-refractivity contribution < 1.29 is 14.3 Å². The third-order valence-electron chi connectivity index (χ3n) is 4.33. The number of carbonyl (C=O) groups is 1. The van der Waals surface area contributed by atoms with Crippen LogP contribution in [0.4, 0.5) is 0 Å². The highest BCUT2D eigenvalue weighted by Crippen LogP contribution is 2.30. The number of nitrogens with one attached hydrogen (secondary N) is 1. The highest BCUT2D eigenvalue weighted by Gasteiger charge is 2.14. The van der Waals surface area contributed by atoms with Crippen molar-refractivity contribution in [2.45, 2.75) is 20.4 Å². The average Bonchev–Trinajstić information content (AvgIpc) is 2.65. The fourth-order valence-corrected chi connectivity index (χ4v) is 2.99. The molecule has 0 bridgehead atoms. The van der Waals surface area contributed by atoms with Crippen LogP contribution in [0.1, 0.15) is 27.2 Å². The minimum atomic E-state index is -0.164. The van der Waals surface area contributed by atoms with E-state index in [1.807, 2.05) is 56.3 Å². The van der Waals surface area contributed by atoms with Gasteiger partial charge in [0, 0.05) is 17.5 Å². The van der Waals surface area contributed by atoms with Gasteiger partial charge in [0.25, 0.3) is 5.91 Å². The number of rotatable bonds is 5. The smallest absolute Gasteiger partial charge is 0.253 e. The number of amides is 1. The molecule has 1 aromatic heterocycles. The lowest BCUT2D eigenvalue weighted by molar-refractivity contribution is 0.0949. The van der Waals surface area contributed by atoms with Crippen LogP contribution in [-0.4, -0.2) is 25.1 Å².